The third-order valence-corrected chi connectivity index (χ3v) is 3.12. The van der Waals surface area contributed by atoms with Gasteiger partial charge in [0.05, 0.1) is 0 Å². The van der Waals surface area contributed by atoms with Crippen LogP contribution < -0.4 is 10.6 Å². The smallest absolute Gasteiger partial charge is 0.276 e. The van der Waals surface area contributed by atoms with Crippen LogP contribution in [0.4, 0.5) is 26.0 Å². The Morgan fingerprint density at radius 2 is 1.62 bits per heavy atom. The van der Waals surface area contributed by atoms with Gasteiger partial charge in [-0.3, -0.25) is 4.79 Å². The molecule has 2 N–H and O–H groups in total. The topological polar surface area (TPSA) is 66.9 Å². The minimum Gasteiger partial charge on any atom is -0.339 e. The fourth-order valence-corrected chi connectivity index (χ4v) is 1.96. The molecule has 0 unspecified atom stereocenters. The zero-order chi connectivity index (χ0) is 16.9. The van der Waals surface area contributed by atoms with Crippen molar-refractivity contribution in [3.8, 4) is 0 Å². The Kier molecular flexibility index (Phi) is 4.42. The predicted octanol–water partition coefficient (Wildman–Crippen LogP) is 3.75. The van der Waals surface area contributed by atoms with Crippen LogP contribution in [-0.4, -0.2) is 16.1 Å². The molecule has 5 nitrogen and oxygen atoms in total. The summed E-state index contributed by atoms with van der Waals surface area (Å²) in [7, 11) is 0. The largest absolute Gasteiger partial charge is 0.339 e. The standard InChI is InChI=1S/C17H12F2N4O/c18-13-7-6-12(10-14(13)19)20-16-9-8-15(22-23-16)17(24)21-11-4-2-1-3-5-11/h1-10H,(H,20,23)(H,21,24). The van der Waals surface area contributed by atoms with Crippen molar-refractivity contribution in [3.05, 3.63) is 78.0 Å². The van der Waals surface area contributed by atoms with Crippen LogP contribution in [0, 0.1) is 11.6 Å². The van der Waals surface area contributed by atoms with Crippen molar-refractivity contribution >= 4 is 23.1 Å². The van der Waals surface area contributed by atoms with Crippen LogP contribution in [0.5, 0.6) is 0 Å². The van der Waals surface area contributed by atoms with Gasteiger partial charge in [0.2, 0.25) is 0 Å². The van der Waals surface area contributed by atoms with Gasteiger partial charge in [-0.15, -0.1) is 10.2 Å². The number of aromatic nitrogens is 2. The van der Waals surface area contributed by atoms with E-state index in [2.05, 4.69) is 20.8 Å². The molecule has 0 bridgehead atoms. The van der Waals surface area contributed by atoms with Crippen LogP contribution >= 0.6 is 0 Å². The summed E-state index contributed by atoms with van der Waals surface area (Å²) in [4.78, 5) is 12.0. The van der Waals surface area contributed by atoms with Gasteiger partial charge < -0.3 is 10.6 Å². The zero-order valence-electron chi connectivity index (χ0n) is 12.3. The number of para-hydroxylation sites is 1. The maximum atomic E-state index is 13.2. The number of anilines is 3. The highest BCUT2D eigenvalue weighted by molar-refractivity contribution is 6.02. The molecule has 0 aliphatic carbocycles. The number of hydrogen-bond acceptors (Lipinski definition) is 4. The summed E-state index contributed by atoms with van der Waals surface area (Å²) in [5.74, 6) is -1.99. The molecule has 120 valence electrons. The summed E-state index contributed by atoms with van der Waals surface area (Å²) in [6.07, 6.45) is 0. The summed E-state index contributed by atoms with van der Waals surface area (Å²) in [5.41, 5.74) is 1.10. The van der Waals surface area contributed by atoms with E-state index in [0.29, 0.717) is 17.2 Å². The molecular weight excluding hydrogens is 314 g/mol. The lowest BCUT2D eigenvalue weighted by atomic mass is 10.3. The Morgan fingerprint density at radius 1 is 0.833 bits per heavy atom. The van der Waals surface area contributed by atoms with E-state index in [1.54, 1.807) is 24.3 Å². The van der Waals surface area contributed by atoms with Gasteiger partial charge in [0.25, 0.3) is 5.91 Å². The molecule has 0 aliphatic rings. The molecule has 0 atom stereocenters. The normalized spacial score (nSPS) is 10.2. The van der Waals surface area contributed by atoms with E-state index in [-0.39, 0.29) is 5.69 Å². The van der Waals surface area contributed by atoms with Gasteiger partial charge in [0.1, 0.15) is 0 Å². The molecular formula is C17H12F2N4O. The molecule has 24 heavy (non-hydrogen) atoms. The number of rotatable bonds is 4. The Bertz CT molecular complexity index is 854. The molecule has 3 aromatic rings. The van der Waals surface area contributed by atoms with Gasteiger partial charge in [-0.25, -0.2) is 8.78 Å². The SMILES string of the molecule is O=C(Nc1ccccc1)c1ccc(Nc2ccc(F)c(F)c2)nn1. The zero-order valence-corrected chi connectivity index (χ0v) is 12.3. The molecule has 2 aromatic carbocycles. The Morgan fingerprint density at radius 3 is 2.29 bits per heavy atom. The monoisotopic (exact) mass is 326 g/mol. The van der Waals surface area contributed by atoms with E-state index in [4.69, 9.17) is 0 Å². The van der Waals surface area contributed by atoms with Gasteiger partial charge in [-0.2, -0.15) is 0 Å². The summed E-state index contributed by atoms with van der Waals surface area (Å²) >= 11 is 0. The van der Waals surface area contributed by atoms with Gasteiger partial charge in [0.15, 0.2) is 23.1 Å². The second-order valence-electron chi connectivity index (χ2n) is 4.88. The second-order valence-corrected chi connectivity index (χ2v) is 4.88. The molecule has 0 radical (unpaired) electrons. The van der Waals surface area contributed by atoms with Crippen molar-refractivity contribution in [2.75, 3.05) is 10.6 Å². The van der Waals surface area contributed by atoms with Gasteiger partial charge in [-0.05, 0) is 36.4 Å². The summed E-state index contributed by atoms with van der Waals surface area (Å²) in [6, 6.07) is 15.3. The average Bonchev–Trinajstić information content (AvgIpc) is 2.60. The molecule has 0 saturated carbocycles. The molecule has 3 rings (SSSR count). The third kappa shape index (κ3) is 3.70. The summed E-state index contributed by atoms with van der Waals surface area (Å²) < 4.78 is 26.0. The summed E-state index contributed by atoms with van der Waals surface area (Å²) in [5, 5.41) is 13.1. The van der Waals surface area contributed by atoms with Gasteiger partial charge in [-0.1, -0.05) is 18.2 Å². The highest BCUT2D eigenvalue weighted by Crippen LogP contribution is 2.17. The third-order valence-electron chi connectivity index (χ3n) is 3.12. The van der Waals surface area contributed by atoms with Gasteiger partial charge >= 0.3 is 0 Å². The first-order chi connectivity index (χ1) is 11.6. The van der Waals surface area contributed by atoms with Crippen molar-refractivity contribution in [1.29, 1.82) is 0 Å². The van der Waals surface area contributed by atoms with Crippen molar-refractivity contribution in [1.82, 2.24) is 10.2 Å². The number of hydrogen-bond donors (Lipinski definition) is 2. The quantitative estimate of drug-likeness (QED) is 0.766. The molecule has 7 heteroatoms. The molecule has 0 fully saturated rings. The van der Waals surface area contributed by atoms with Crippen LogP contribution in [-0.2, 0) is 0 Å². The molecule has 0 aliphatic heterocycles. The highest BCUT2D eigenvalue weighted by Gasteiger charge is 2.09. The molecule has 0 saturated heterocycles. The van der Waals surface area contributed by atoms with Gasteiger partial charge in [0, 0.05) is 17.4 Å². The minimum atomic E-state index is -0.966. The van der Waals surface area contributed by atoms with Crippen LogP contribution in [0.25, 0.3) is 0 Å². The van der Waals surface area contributed by atoms with Crippen LogP contribution in [0.2, 0.25) is 0 Å². The number of halogens is 2. The number of carbonyl (C=O) groups is 1. The van der Waals surface area contributed by atoms with Crippen molar-refractivity contribution in [3.63, 3.8) is 0 Å². The molecule has 1 amide bonds. The number of nitrogens with one attached hydrogen (secondary N) is 2. The second kappa shape index (κ2) is 6.82. The first kappa shape index (κ1) is 15.5. The average molecular weight is 326 g/mol. The summed E-state index contributed by atoms with van der Waals surface area (Å²) in [6.45, 7) is 0. The van der Waals surface area contributed by atoms with E-state index >= 15 is 0 Å². The van der Waals surface area contributed by atoms with Crippen LogP contribution in [0.3, 0.4) is 0 Å². The maximum Gasteiger partial charge on any atom is 0.276 e. The number of amides is 1. The van der Waals surface area contributed by atoms with Crippen molar-refractivity contribution in [2.45, 2.75) is 0 Å². The fourth-order valence-electron chi connectivity index (χ4n) is 1.96. The van der Waals surface area contributed by atoms with E-state index in [1.165, 1.54) is 18.2 Å². The minimum absolute atomic E-state index is 0.134. The first-order valence-electron chi connectivity index (χ1n) is 7.04. The lowest BCUT2D eigenvalue weighted by Crippen LogP contribution is -2.14. The van der Waals surface area contributed by atoms with Crippen LogP contribution in [0.15, 0.2) is 60.7 Å². The van der Waals surface area contributed by atoms with E-state index in [1.807, 2.05) is 6.07 Å². The predicted molar refractivity (Wildman–Crippen MR) is 86.1 cm³/mol. The molecule has 1 heterocycles. The lowest BCUT2D eigenvalue weighted by Gasteiger charge is -2.07. The Labute approximate surface area is 136 Å². The first-order valence-corrected chi connectivity index (χ1v) is 7.04. The van der Waals surface area contributed by atoms with E-state index < -0.39 is 17.5 Å². The van der Waals surface area contributed by atoms with Crippen molar-refractivity contribution < 1.29 is 13.6 Å². The van der Waals surface area contributed by atoms with Crippen LogP contribution in [0.1, 0.15) is 10.5 Å². The Hall–Kier alpha value is -3.35. The lowest BCUT2D eigenvalue weighted by molar-refractivity contribution is 0.102. The van der Waals surface area contributed by atoms with E-state index in [0.717, 1.165) is 12.1 Å². The molecule has 1 aromatic heterocycles. The molecule has 0 spiro atoms. The number of benzene rings is 2. The number of carbonyl (C=O) groups excluding carboxylic acids is 1. The van der Waals surface area contributed by atoms with Crippen molar-refractivity contribution in [2.24, 2.45) is 0 Å². The maximum absolute atomic E-state index is 13.2. The Balaban J connectivity index is 1.68. The highest BCUT2D eigenvalue weighted by atomic mass is 19.2. The fraction of sp³-hybridized carbons (Fsp3) is 0. The van der Waals surface area contributed by atoms with E-state index in [9.17, 15) is 13.6 Å². The number of nitrogens with zero attached hydrogens (tertiary/aromatic N) is 2.